The first kappa shape index (κ1) is 23.0. The molecular formula is C23H21N5O5S. The molecule has 0 aliphatic carbocycles. The van der Waals surface area contributed by atoms with Crippen LogP contribution in [0.3, 0.4) is 0 Å². The molecule has 2 aromatic heterocycles. The third kappa shape index (κ3) is 5.57. The number of thiazole rings is 1. The summed E-state index contributed by atoms with van der Waals surface area (Å²) in [6, 6.07) is 11.4. The van der Waals surface area contributed by atoms with E-state index < -0.39 is 11.9 Å². The molecule has 34 heavy (non-hydrogen) atoms. The second kappa shape index (κ2) is 10.6. The number of hydrogen-bond donors (Lipinski definition) is 3. The number of rotatable bonds is 9. The molecule has 0 spiro atoms. The molecule has 0 radical (unpaired) electrons. The van der Waals surface area contributed by atoms with Crippen molar-refractivity contribution in [3.05, 3.63) is 65.8 Å². The smallest absolute Gasteiger partial charge is 0.325 e. The van der Waals surface area contributed by atoms with Crippen LogP contribution in [0.2, 0.25) is 0 Å². The SMILES string of the molecule is COCCOc1cc2nccc(Oc3ccc(NC(=O)Nc4nccs4)cc3)c2cc1C(N)=O. The van der Waals surface area contributed by atoms with Gasteiger partial charge < -0.3 is 25.3 Å². The zero-order valence-electron chi connectivity index (χ0n) is 18.1. The van der Waals surface area contributed by atoms with Crippen molar-refractivity contribution in [1.29, 1.82) is 0 Å². The molecule has 4 aromatic rings. The lowest BCUT2D eigenvalue weighted by molar-refractivity contribution is 0.0992. The summed E-state index contributed by atoms with van der Waals surface area (Å²) in [6.45, 7) is 0.630. The predicted molar refractivity (Wildman–Crippen MR) is 129 cm³/mol. The maximum atomic E-state index is 12.1. The lowest BCUT2D eigenvalue weighted by Crippen LogP contribution is -2.19. The Kier molecular flexibility index (Phi) is 7.16. The van der Waals surface area contributed by atoms with Crippen LogP contribution in [-0.2, 0) is 4.74 Å². The van der Waals surface area contributed by atoms with Crippen LogP contribution in [0.15, 0.2) is 60.2 Å². The zero-order chi connectivity index (χ0) is 23.9. The van der Waals surface area contributed by atoms with E-state index in [0.29, 0.717) is 45.6 Å². The first-order valence-corrected chi connectivity index (χ1v) is 11.0. The maximum Gasteiger partial charge on any atom is 0.325 e. The Labute approximate surface area is 198 Å². The summed E-state index contributed by atoms with van der Waals surface area (Å²) < 4.78 is 16.6. The summed E-state index contributed by atoms with van der Waals surface area (Å²) in [5.41, 5.74) is 6.93. The third-order valence-corrected chi connectivity index (χ3v) is 5.29. The Balaban J connectivity index is 1.51. The van der Waals surface area contributed by atoms with Gasteiger partial charge in [-0.2, -0.15) is 0 Å². The number of nitrogens with zero attached hydrogens (tertiary/aromatic N) is 2. The van der Waals surface area contributed by atoms with Gasteiger partial charge in [0, 0.05) is 42.0 Å². The molecule has 0 aliphatic heterocycles. The van der Waals surface area contributed by atoms with E-state index in [1.54, 1.807) is 67.3 Å². The first-order valence-electron chi connectivity index (χ1n) is 10.1. The second-order valence-electron chi connectivity index (χ2n) is 6.92. The first-order chi connectivity index (χ1) is 16.5. The van der Waals surface area contributed by atoms with Crippen molar-refractivity contribution in [3.8, 4) is 17.2 Å². The van der Waals surface area contributed by atoms with E-state index >= 15 is 0 Å². The second-order valence-corrected chi connectivity index (χ2v) is 7.82. The van der Waals surface area contributed by atoms with Gasteiger partial charge in [-0.15, -0.1) is 11.3 Å². The Morgan fingerprint density at radius 1 is 1.00 bits per heavy atom. The fraction of sp³-hybridized carbons (Fsp3) is 0.130. The molecule has 3 amide bonds. The summed E-state index contributed by atoms with van der Waals surface area (Å²) in [5, 5.41) is 8.24. The average molecular weight is 480 g/mol. The van der Waals surface area contributed by atoms with Crippen molar-refractivity contribution in [3.63, 3.8) is 0 Å². The van der Waals surface area contributed by atoms with Crippen LogP contribution in [-0.4, -0.2) is 42.2 Å². The summed E-state index contributed by atoms with van der Waals surface area (Å²) in [5.74, 6) is 0.710. The minimum Gasteiger partial charge on any atom is -0.490 e. The highest BCUT2D eigenvalue weighted by molar-refractivity contribution is 7.13. The number of aromatic nitrogens is 2. The summed E-state index contributed by atoms with van der Waals surface area (Å²) in [4.78, 5) is 32.4. The summed E-state index contributed by atoms with van der Waals surface area (Å²) in [6.07, 6.45) is 3.20. The van der Waals surface area contributed by atoms with Gasteiger partial charge in [0.1, 0.15) is 23.9 Å². The van der Waals surface area contributed by atoms with Crippen molar-refractivity contribution in [1.82, 2.24) is 9.97 Å². The van der Waals surface area contributed by atoms with Crippen LogP contribution < -0.4 is 25.8 Å². The van der Waals surface area contributed by atoms with Crippen molar-refractivity contribution in [2.75, 3.05) is 31.0 Å². The lowest BCUT2D eigenvalue weighted by atomic mass is 10.1. The molecule has 2 aromatic carbocycles. The van der Waals surface area contributed by atoms with Gasteiger partial charge in [-0.3, -0.25) is 15.1 Å². The van der Waals surface area contributed by atoms with Gasteiger partial charge in [-0.05, 0) is 36.4 Å². The standard InChI is InChI=1S/C23H21N5O5S/c1-31-9-10-32-20-13-18-16(12-17(20)21(24)29)19(6-7-25-18)33-15-4-2-14(3-5-15)27-22(30)28-23-26-8-11-34-23/h2-8,11-13H,9-10H2,1H3,(H2,24,29)(H2,26,27,28,30). The third-order valence-electron chi connectivity index (χ3n) is 4.61. The Morgan fingerprint density at radius 2 is 1.82 bits per heavy atom. The number of primary amides is 1. The Hall–Kier alpha value is -4.22. The molecule has 0 atom stereocenters. The number of carbonyl (C=O) groups is 2. The number of amides is 3. The minimum absolute atomic E-state index is 0.215. The quantitative estimate of drug-likeness (QED) is 0.305. The van der Waals surface area contributed by atoms with Crippen LogP contribution in [0.5, 0.6) is 17.2 Å². The molecule has 4 N–H and O–H groups in total. The average Bonchev–Trinajstić information content (AvgIpc) is 3.33. The maximum absolute atomic E-state index is 12.1. The molecule has 10 nitrogen and oxygen atoms in total. The lowest BCUT2D eigenvalue weighted by Gasteiger charge is -2.13. The number of anilines is 2. The minimum atomic E-state index is -0.629. The number of benzene rings is 2. The molecule has 11 heteroatoms. The van der Waals surface area contributed by atoms with Gasteiger partial charge in [-0.25, -0.2) is 9.78 Å². The fourth-order valence-corrected chi connectivity index (χ4v) is 3.59. The van der Waals surface area contributed by atoms with Crippen LogP contribution in [0.25, 0.3) is 10.9 Å². The Bertz CT molecular complexity index is 1300. The highest BCUT2D eigenvalue weighted by Crippen LogP contribution is 2.33. The fourth-order valence-electron chi connectivity index (χ4n) is 3.06. The van der Waals surface area contributed by atoms with E-state index in [0.717, 1.165) is 0 Å². The molecule has 0 aliphatic rings. The molecule has 174 valence electrons. The molecule has 0 bridgehead atoms. The van der Waals surface area contributed by atoms with Gasteiger partial charge in [0.25, 0.3) is 5.91 Å². The number of fused-ring (bicyclic) bond motifs is 1. The van der Waals surface area contributed by atoms with E-state index in [4.69, 9.17) is 19.9 Å². The predicted octanol–water partition coefficient (Wildman–Crippen LogP) is 4.25. The highest BCUT2D eigenvalue weighted by Gasteiger charge is 2.15. The highest BCUT2D eigenvalue weighted by atomic mass is 32.1. The monoisotopic (exact) mass is 479 g/mol. The zero-order valence-corrected chi connectivity index (χ0v) is 18.9. The Morgan fingerprint density at radius 3 is 2.53 bits per heavy atom. The number of methoxy groups -OCH3 is 1. The number of nitrogens with two attached hydrogens (primary N) is 1. The van der Waals surface area contributed by atoms with Gasteiger partial charge in [-0.1, -0.05) is 0 Å². The number of nitrogens with one attached hydrogen (secondary N) is 2. The molecule has 4 rings (SSSR count). The van der Waals surface area contributed by atoms with Crippen molar-refractivity contribution in [2.24, 2.45) is 5.73 Å². The topological polar surface area (TPSA) is 138 Å². The van der Waals surface area contributed by atoms with E-state index in [9.17, 15) is 9.59 Å². The van der Waals surface area contributed by atoms with Gasteiger partial charge in [0.15, 0.2) is 5.13 Å². The number of hydrogen-bond acceptors (Lipinski definition) is 8. The van der Waals surface area contributed by atoms with Crippen molar-refractivity contribution < 1.29 is 23.8 Å². The number of pyridine rings is 1. The van der Waals surface area contributed by atoms with Crippen LogP contribution >= 0.6 is 11.3 Å². The largest absolute Gasteiger partial charge is 0.490 e. The molecular weight excluding hydrogens is 458 g/mol. The number of ether oxygens (including phenoxy) is 3. The van der Waals surface area contributed by atoms with Crippen LogP contribution in [0.1, 0.15) is 10.4 Å². The molecule has 0 fully saturated rings. The normalized spacial score (nSPS) is 10.6. The van der Waals surface area contributed by atoms with Gasteiger partial charge >= 0.3 is 6.03 Å². The van der Waals surface area contributed by atoms with Gasteiger partial charge in [0.05, 0.1) is 17.7 Å². The van der Waals surface area contributed by atoms with Gasteiger partial charge in [0.2, 0.25) is 0 Å². The van der Waals surface area contributed by atoms with Crippen molar-refractivity contribution in [2.45, 2.75) is 0 Å². The number of urea groups is 1. The van der Waals surface area contributed by atoms with Crippen LogP contribution in [0, 0.1) is 0 Å². The van der Waals surface area contributed by atoms with Crippen molar-refractivity contribution >= 4 is 45.0 Å². The van der Waals surface area contributed by atoms with E-state index in [-0.39, 0.29) is 12.2 Å². The number of carbonyl (C=O) groups excluding carboxylic acids is 2. The van der Waals surface area contributed by atoms with E-state index in [1.165, 1.54) is 11.3 Å². The molecule has 0 saturated carbocycles. The van der Waals surface area contributed by atoms with Crippen LogP contribution in [0.4, 0.5) is 15.6 Å². The summed E-state index contributed by atoms with van der Waals surface area (Å²) >= 11 is 1.32. The molecule has 0 saturated heterocycles. The van der Waals surface area contributed by atoms with E-state index in [2.05, 4.69) is 20.6 Å². The van der Waals surface area contributed by atoms with E-state index in [1.807, 2.05) is 0 Å². The molecule has 0 unspecified atom stereocenters. The molecule has 2 heterocycles. The summed E-state index contributed by atoms with van der Waals surface area (Å²) in [7, 11) is 1.56.